The number of para-hydroxylation sites is 1. The van der Waals surface area contributed by atoms with Crippen molar-refractivity contribution >= 4 is 44.6 Å². The van der Waals surface area contributed by atoms with E-state index >= 15 is 0 Å². The molecule has 158 valence electrons. The Morgan fingerprint density at radius 2 is 1.80 bits per heavy atom. The van der Waals surface area contributed by atoms with Crippen LogP contribution in [0.1, 0.15) is 12.0 Å². The third-order valence-corrected chi connectivity index (χ3v) is 7.71. The molecule has 0 saturated carbocycles. The zero-order valence-corrected chi connectivity index (χ0v) is 18.3. The summed E-state index contributed by atoms with van der Waals surface area (Å²) in [5, 5.41) is 4.99. The largest absolute Gasteiger partial charge is 0.355 e. The highest BCUT2D eigenvalue weighted by Gasteiger charge is 2.29. The number of rotatable bonds is 9. The molecule has 9 heteroatoms. The van der Waals surface area contributed by atoms with Gasteiger partial charge in [0.15, 0.2) is 0 Å². The van der Waals surface area contributed by atoms with Crippen LogP contribution >= 0.6 is 22.9 Å². The Hall–Kier alpha value is -2.42. The van der Waals surface area contributed by atoms with Crippen molar-refractivity contribution in [2.45, 2.75) is 17.1 Å². The summed E-state index contributed by atoms with van der Waals surface area (Å²) in [6.07, 6.45) is 1.41. The van der Waals surface area contributed by atoms with E-state index in [9.17, 15) is 17.6 Å². The van der Waals surface area contributed by atoms with E-state index in [2.05, 4.69) is 5.32 Å². The van der Waals surface area contributed by atoms with E-state index in [4.69, 9.17) is 11.6 Å². The molecule has 0 aliphatic carbocycles. The van der Waals surface area contributed by atoms with Gasteiger partial charge in [-0.2, -0.15) is 0 Å². The summed E-state index contributed by atoms with van der Waals surface area (Å²) in [5.74, 6) is -1.22. The van der Waals surface area contributed by atoms with Crippen LogP contribution < -0.4 is 9.62 Å². The molecule has 0 unspecified atom stereocenters. The van der Waals surface area contributed by atoms with E-state index < -0.39 is 28.3 Å². The lowest BCUT2D eigenvalue weighted by molar-refractivity contribution is -0.119. The number of thiophene rings is 1. The highest BCUT2D eigenvalue weighted by molar-refractivity contribution is 7.94. The van der Waals surface area contributed by atoms with Gasteiger partial charge in [0.25, 0.3) is 10.0 Å². The molecule has 3 aromatic rings. The van der Waals surface area contributed by atoms with Gasteiger partial charge in [-0.3, -0.25) is 9.10 Å². The first-order valence-electron chi connectivity index (χ1n) is 9.20. The second-order valence-corrected chi connectivity index (χ2v) is 9.95. The predicted molar refractivity (Wildman–Crippen MR) is 118 cm³/mol. The Balaban J connectivity index is 1.66. The summed E-state index contributed by atoms with van der Waals surface area (Å²) in [4.78, 5) is 12.5. The highest BCUT2D eigenvalue weighted by atomic mass is 35.5. The Morgan fingerprint density at radius 1 is 1.07 bits per heavy atom. The Morgan fingerprint density at radius 3 is 2.47 bits per heavy atom. The van der Waals surface area contributed by atoms with Crippen LogP contribution in [0.15, 0.2) is 70.3 Å². The second-order valence-electron chi connectivity index (χ2n) is 6.48. The van der Waals surface area contributed by atoms with Gasteiger partial charge in [-0.1, -0.05) is 41.9 Å². The first-order chi connectivity index (χ1) is 14.4. The number of aryl methyl sites for hydroxylation is 1. The number of sulfonamides is 1. The monoisotopic (exact) mass is 466 g/mol. The molecule has 30 heavy (non-hydrogen) atoms. The number of carbonyl (C=O) groups excluding carboxylic acids is 1. The fourth-order valence-corrected chi connectivity index (χ4v) is 5.49. The van der Waals surface area contributed by atoms with E-state index in [0.29, 0.717) is 18.0 Å². The molecular formula is C21H20ClFN2O3S2. The van der Waals surface area contributed by atoms with Gasteiger partial charge in [0, 0.05) is 11.6 Å². The molecular weight excluding hydrogens is 447 g/mol. The van der Waals surface area contributed by atoms with Gasteiger partial charge >= 0.3 is 0 Å². The summed E-state index contributed by atoms with van der Waals surface area (Å²) < 4.78 is 41.2. The molecule has 0 fully saturated rings. The minimum absolute atomic E-state index is 0.0429. The molecule has 0 atom stereocenters. The first-order valence-corrected chi connectivity index (χ1v) is 11.9. The quantitative estimate of drug-likeness (QED) is 0.473. The maximum Gasteiger partial charge on any atom is 0.274 e. The molecule has 1 N–H and O–H groups in total. The van der Waals surface area contributed by atoms with Crippen LogP contribution in [0.5, 0.6) is 0 Å². The predicted octanol–water partition coefficient (Wildman–Crippen LogP) is 4.48. The third-order valence-electron chi connectivity index (χ3n) is 4.33. The number of nitrogens with zero attached hydrogens (tertiary/aromatic N) is 1. The zero-order valence-electron chi connectivity index (χ0n) is 15.9. The summed E-state index contributed by atoms with van der Waals surface area (Å²) in [5.41, 5.74) is 0.920. The molecule has 1 amide bonds. The average Bonchev–Trinajstić information content (AvgIpc) is 3.27. The van der Waals surface area contributed by atoms with E-state index in [-0.39, 0.29) is 9.90 Å². The fourth-order valence-electron chi connectivity index (χ4n) is 2.83. The fraction of sp³-hybridized carbons (Fsp3) is 0.190. The van der Waals surface area contributed by atoms with Crippen LogP contribution in [-0.4, -0.2) is 27.4 Å². The van der Waals surface area contributed by atoms with Gasteiger partial charge in [0.2, 0.25) is 5.91 Å². The van der Waals surface area contributed by atoms with Crippen LogP contribution in [0.2, 0.25) is 5.02 Å². The standard InChI is InChI=1S/C21H20ClFN2O3S2/c22-17-11-9-16(10-12-17)5-3-13-24-20(26)15-25(19-7-2-1-6-18(19)23)30(27,28)21-8-4-14-29-21/h1-2,4,6-12,14H,3,5,13,15H2,(H,24,26). The van der Waals surface area contributed by atoms with E-state index in [1.807, 2.05) is 12.1 Å². The lowest BCUT2D eigenvalue weighted by Crippen LogP contribution is -2.41. The topological polar surface area (TPSA) is 66.5 Å². The summed E-state index contributed by atoms with van der Waals surface area (Å²) in [6.45, 7) is -0.145. The average molecular weight is 467 g/mol. The number of hydrogen-bond acceptors (Lipinski definition) is 4. The smallest absolute Gasteiger partial charge is 0.274 e. The minimum atomic E-state index is -4.07. The van der Waals surface area contributed by atoms with Crippen molar-refractivity contribution in [2.75, 3.05) is 17.4 Å². The van der Waals surface area contributed by atoms with Crippen LogP contribution in [0.25, 0.3) is 0 Å². The van der Waals surface area contributed by atoms with Crippen LogP contribution in [0.3, 0.4) is 0 Å². The number of nitrogens with one attached hydrogen (secondary N) is 1. The van der Waals surface area contributed by atoms with Crippen molar-refractivity contribution in [3.8, 4) is 0 Å². The van der Waals surface area contributed by atoms with Crippen molar-refractivity contribution in [1.82, 2.24) is 5.32 Å². The molecule has 1 aromatic heterocycles. The number of hydrogen-bond donors (Lipinski definition) is 1. The van der Waals surface area contributed by atoms with Gasteiger partial charge in [0.1, 0.15) is 16.6 Å². The summed E-state index contributed by atoms with van der Waals surface area (Å²) in [6, 6.07) is 15.9. The molecule has 0 radical (unpaired) electrons. The summed E-state index contributed by atoms with van der Waals surface area (Å²) >= 11 is 6.87. The maximum absolute atomic E-state index is 14.3. The van der Waals surface area contributed by atoms with Crippen LogP contribution in [-0.2, 0) is 21.2 Å². The Labute approximate surface area is 184 Å². The molecule has 0 aliphatic heterocycles. The number of anilines is 1. The second kappa shape index (κ2) is 10.1. The Kier molecular flexibility index (Phi) is 7.47. The Bertz CT molecular complexity index is 1090. The van der Waals surface area contributed by atoms with Gasteiger partial charge < -0.3 is 5.32 Å². The molecule has 1 heterocycles. The number of halogens is 2. The van der Waals surface area contributed by atoms with Crippen LogP contribution in [0.4, 0.5) is 10.1 Å². The third kappa shape index (κ3) is 5.59. The van der Waals surface area contributed by atoms with Gasteiger partial charge in [-0.05, 0) is 54.1 Å². The molecule has 3 rings (SSSR count). The lowest BCUT2D eigenvalue weighted by Gasteiger charge is -2.23. The van der Waals surface area contributed by atoms with Crippen molar-refractivity contribution < 1.29 is 17.6 Å². The maximum atomic E-state index is 14.3. The van der Waals surface area contributed by atoms with E-state index in [1.165, 1.54) is 24.3 Å². The molecule has 0 saturated heterocycles. The van der Waals surface area contributed by atoms with Crippen molar-refractivity contribution in [3.05, 3.63) is 82.4 Å². The molecule has 0 bridgehead atoms. The van der Waals surface area contributed by atoms with Crippen molar-refractivity contribution in [3.63, 3.8) is 0 Å². The van der Waals surface area contributed by atoms with Gasteiger partial charge in [0.05, 0.1) is 5.69 Å². The lowest BCUT2D eigenvalue weighted by atomic mass is 10.1. The number of carbonyl (C=O) groups is 1. The molecule has 5 nitrogen and oxygen atoms in total. The molecule has 0 aliphatic rings. The first kappa shape index (κ1) is 22.3. The summed E-state index contributed by atoms with van der Waals surface area (Å²) in [7, 11) is -4.07. The number of amides is 1. The zero-order chi connectivity index (χ0) is 21.6. The van der Waals surface area contributed by atoms with Crippen LogP contribution in [0, 0.1) is 5.82 Å². The van der Waals surface area contributed by atoms with Gasteiger partial charge in [-0.25, -0.2) is 12.8 Å². The SMILES string of the molecule is O=C(CN(c1ccccc1F)S(=O)(=O)c1cccs1)NCCCc1ccc(Cl)cc1. The molecule has 0 spiro atoms. The van der Waals surface area contributed by atoms with E-state index in [1.54, 1.807) is 23.6 Å². The molecule has 2 aromatic carbocycles. The number of benzene rings is 2. The van der Waals surface area contributed by atoms with Crippen molar-refractivity contribution in [2.24, 2.45) is 0 Å². The van der Waals surface area contributed by atoms with Crippen molar-refractivity contribution in [1.29, 1.82) is 0 Å². The highest BCUT2D eigenvalue weighted by Crippen LogP contribution is 2.28. The minimum Gasteiger partial charge on any atom is -0.355 e. The van der Waals surface area contributed by atoms with Gasteiger partial charge in [-0.15, -0.1) is 11.3 Å². The van der Waals surface area contributed by atoms with E-state index in [0.717, 1.165) is 33.7 Å². The normalized spacial score (nSPS) is 11.3.